The van der Waals surface area contributed by atoms with Crippen molar-refractivity contribution in [1.29, 1.82) is 0 Å². The zero-order valence-corrected chi connectivity index (χ0v) is 11.1. The Morgan fingerprint density at radius 3 is 1.67 bits per heavy atom. The van der Waals surface area contributed by atoms with Crippen LogP contribution >= 0.6 is 0 Å². The quantitative estimate of drug-likeness (QED) is 0.672. The molecule has 0 radical (unpaired) electrons. The maximum atomic E-state index is 2.66. The summed E-state index contributed by atoms with van der Waals surface area (Å²) in [6.45, 7) is 9.74. The molecule has 2 aliphatic heterocycles. The van der Waals surface area contributed by atoms with Gasteiger partial charge in [0, 0.05) is 12.1 Å². The molecule has 0 amide bonds. The molecule has 0 aromatic carbocycles. The topological polar surface area (TPSA) is 3.24 Å². The Labute approximate surface area is 95.2 Å². The van der Waals surface area contributed by atoms with Gasteiger partial charge in [0.05, 0.1) is 0 Å². The minimum Gasteiger partial charge on any atom is -0.300 e. The summed E-state index contributed by atoms with van der Waals surface area (Å²) in [5, 5.41) is 0. The van der Waals surface area contributed by atoms with Gasteiger partial charge in [-0.25, -0.2) is 0 Å². The van der Waals surface area contributed by atoms with Crippen LogP contribution in [0.1, 0.15) is 53.4 Å². The molecule has 2 heterocycles. The number of hydrogen-bond acceptors (Lipinski definition) is 1. The molecule has 1 nitrogen and oxygen atoms in total. The Hall–Kier alpha value is -0.0400. The highest BCUT2D eigenvalue weighted by Crippen LogP contribution is 2.52. The van der Waals surface area contributed by atoms with Crippen molar-refractivity contribution in [2.24, 2.45) is 17.3 Å². The number of hydrogen-bond donors (Lipinski definition) is 0. The highest BCUT2D eigenvalue weighted by Gasteiger charge is 2.49. The highest BCUT2D eigenvalue weighted by atomic mass is 15.2. The molecule has 15 heavy (non-hydrogen) atoms. The Kier molecular flexibility index (Phi) is 2.87. The van der Waals surface area contributed by atoms with Crippen LogP contribution in [-0.2, 0) is 0 Å². The van der Waals surface area contributed by atoms with Gasteiger partial charge in [-0.2, -0.15) is 0 Å². The van der Waals surface area contributed by atoms with E-state index in [4.69, 9.17) is 0 Å². The first kappa shape index (κ1) is 11.4. The zero-order chi connectivity index (χ0) is 11.2. The molecule has 2 unspecified atom stereocenters. The number of fused-ring (bicyclic) bond motifs is 2. The maximum Gasteiger partial charge on any atom is 0.0101 e. The van der Waals surface area contributed by atoms with Crippen molar-refractivity contribution >= 4 is 0 Å². The molecule has 2 fully saturated rings. The predicted molar refractivity (Wildman–Crippen MR) is 65.9 cm³/mol. The van der Waals surface area contributed by atoms with Gasteiger partial charge >= 0.3 is 0 Å². The molecule has 2 saturated heterocycles. The summed E-state index contributed by atoms with van der Waals surface area (Å²) in [5.74, 6) is 1.68. The first-order valence-corrected chi connectivity index (χ1v) is 6.69. The van der Waals surface area contributed by atoms with Crippen molar-refractivity contribution in [3.63, 3.8) is 0 Å². The summed E-state index contributed by atoms with van der Waals surface area (Å²) in [7, 11) is 2.34. The summed E-state index contributed by atoms with van der Waals surface area (Å²) >= 11 is 0. The Balaban J connectivity index is 2.23. The van der Waals surface area contributed by atoms with Crippen LogP contribution in [0.15, 0.2) is 0 Å². The SMILES string of the molecule is CC(C)C1(C(C)C)CC2CCC(C1)N2C. The van der Waals surface area contributed by atoms with Gasteiger partial charge in [0.1, 0.15) is 0 Å². The molecule has 88 valence electrons. The molecular formula is C14H27N. The van der Waals surface area contributed by atoms with E-state index >= 15 is 0 Å². The smallest absolute Gasteiger partial charge is 0.0101 e. The van der Waals surface area contributed by atoms with Crippen LogP contribution in [0.2, 0.25) is 0 Å². The van der Waals surface area contributed by atoms with E-state index in [9.17, 15) is 0 Å². The third-order valence-corrected chi connectivity index (χ3v) is 5.52. The minimum atomic E-state index is 0.623. The van der Waals surface area contributed by atoms with Crippen LogP contribution in [0.25, 0.3) is 0 Å². The lowest BCUT2D eigenvalue weighted by atomic mass is 9.61. The van der Waals surface area contributed by atoms with E-state index in [2.05, 4.69) is 39.6 Å². The lowest BCUT2D eigenvalue weighted by molar-refractivity contribution is -0.0113. The lowest BCUT2D eigenvalue weighted by Gasteiger charge is -2.50. The van der Waals surface area contributed by atoms with Gasteiger partial charge in [-0.3, -0.25) is 0 Å². The average molecular weight is 209 g/mol. The largest absolute Gasteiger partial charge is 0.300 e. The van der Waals surface area contributed by atoms with E-state index in [-0.39, 0.29) is 0 Å². The molecular weight excluding hydrogens is 182 g/mol. The first-order valence-electron chi connectivity index (χ1n) is 6.69. The summed E-state index contributed by atoms with van der Waals surface area (Å²) in [6.07, 6.45) is 5.77. The average Bonchev–Trinajstić information content (AvgIpc) is 2.39. The second kappa shape index (κ2) is 3.76. The molecule has 0 aromatic rings. The van der Waals surface area contributed by atoms with Gasteiger partial charge in [0.25, 0.3) is 0 Å². The van der Waals surface area contributed by atoms with Crippen molar-refractivity contribution < 1.29 is 0 Å². The van der Waals surface area contributed by atoms with E-state index in [0.717, 1.165) is 23.9 Å². The van der Waals surface area contributed by atoms with Crippen LogP contribution in [0.4, 0.5) is 0 Å². The van der Waals surface area contributed by atoms with Gasteiger partial charge in [-0.15, -0.1) is 0 Å². The van der Waals surface area contributed by atoms with E-state index in [1.807, 2.05) is 0 Å². The number of nitrogens with zero attached hydrogens (tertiary/aromatic N) is 1. The molecule has 1 heteroatoms. The van der Waals surface area contributed by atoms with E-state index in [0.29, 0.717) is 5.41 Å². The summed E-state index contributed by atoms with van der Waals surface area (Å²) in [5.41, 5.74) is 0.623. The van der Waals surface area contributed by atoms with Gasteiger partial charge in [0.15, 0.2) is 0 Å². The van der Waals surface area contributed by atoms with Gasteiger partial charge < -0.3 is 4.90 Å². The van der Waals surface area contributed by atoms with Gasteiger partial charge in [0.2, 0.25) is 0 Å². The van der Waals surface area contributed by atoms with Gasteiger partial charge in [-0.05, 0) is 50.0 Å². The molecule has 0 spiro atoms. The van der Waals surface area contributed by atoms with Crippen LogP contribution < -0.4 is 0 Å². The monoisotopic (exact) mass is 209 g/mol. The molecule has 0 aromatic heterocycles. The van der Waals surface area contributed by atoms with Crippen LogP contribution in [0, 0.1) is 17.3 Å². The summed E-state index contributed by atoms with van der Waals surface area (Å²) in [4.78, 5) is 2.66. The standard InChI is InChI=1S/C14H27N/c1-10(2)14(11(3)4)8-12-6-7-13(9-14)15(12)5/h10-13H,6-9H2,1-5H3. The Morgan fingerprint density at radius 1 is 0.933 bits per heavy atom. The van der Waals surface area contributed by atoms with Crippen molar-refractivity contribution in [2.45, 2.75) is 65.5 Å². The van der Waals surface area contributed by atoms with E-state index in [1.54, 1.807) is 0 Å². The normalized spacial score (nSPS) is 35.4. The summed E-state index contributed by atoms with van der Waals surface area (Å²) in [6, 6.07) is 1.77. The van der Waals surface area contributed by atoms with Crippen molar-refractivity contribution in [2.75, 3.05) is 7.05 Å². The molecule has 2 atom stereocenters. The van der Waals surface area contributed by atoms with Crippen molar-refractivity contribution in [1.82, 2.24) is 4.90 Å². The fourth-order valence-electron chi connectivity index (χ4n) is 4.15. The zero-order valence-electron chi connectivity index (χ0n) is 11.1. The van der Waals surface area contributed by atoms with Gasteiger partial charge in [-0.1, -0.05) is 27.7 Å². The van der Waals surface area contributed by atoms with Crippen LogP contribution in [0.3, 0.4) is 0 Å². The first-order chi connectivity index (χ1) is 6.97. The fourth-order valence-corrected chi connectivity index (χ4v) is 4.15. The number of piperidine rings is 1. The lowest BCUT2D eigenvalue weighted by Crippen LogP contribution is -2.49. The van der Waals surface area contributed by atoms with E-state index in [1.165, 1.54) is 25.7 Å². The second-order valence-electron chi connectivity index (χ2n) is 6.50. The van der Waals surface area contributed by atoms with Crippen LogP contribution in [0.5, 0.6) is 0 Å². The predicted octanol–water partition coefficient (Wildman–Crippen LogP) is 3.54. The third-order valence-electron chi connectivity index (χ3n) is 5.52. The molecule has 2 rings (SSSR count). The molecule has 0 aliphatic carbocycles. The molecule has 0 N–H and O–H groups in total. The van der Waals surface area contributed by atoms with Crippen molar-refractivity contribution in [3.05, 3.63) is 0 Å². The Bertz CT molecular complexity index is 207. The van der Waals surface area contributed by atoms with Crippen molar-refractivity contribution in [3.8, 4) is 0 Å². The molecule has 0 saturated carbocycles. The minimum absolute atomic E-state index is 0.623. The molecule has 2 aliphatic rings. The maximum absolute atomic E-state index is 2.66. The molecule has 2 bridgehead atoms. The van der Waals surface area contributed by atoms with Crippen LogP contribution in [-0.4, -0.2) is 24.0 Å². The second-order valence-corrected chi connectivity index (χ2v) is 6.50. The third kappa shape index (κ3) is 1.63. The number of rotatable bonds is 2. The van der Waals surface area contributed by atoms with E-state index < -0.39 is 0 Å². The fraction of sp³-hybridized carbons (Fsp3) is 1.00. The highest BCUT2D eigenvalue weighted by molar-refractivity contribution is 5.02. The Morgan fingerprint density at radius 2 is 1.33 bits per heavy atom. The summed E-state index contributed by atoms with van der Waals surface area (Å²) < 4.78 is 0.